The maximum atomic E-state index is 5.63. The monoisotopic (exact) mass is 421 g/mol. The largest absolute Gasteiger partial charge is 0.469 e. The van der Waals surface area contributed by atoms with Gasteiger partial charge < -0.3 is 19.8 Å². The molecule has 0 radical (unpaired) electrons. The van der Waals surface area contributed by atoms with E-state index in [1.807, 2.05) is 12.1 Å². The Hall–Kier alpha value is -0.760. The molecule has 2 N–H and O–H groups in total. The van der Waals surface area contributed by atoms with E-state index in [0.29, 0.717) is 12.0 Å². The number of hydrogen-bond donors (Lipinski definition) is 2. The van der Waals surface area contributed by atoms with Crippen LogP contribution in [-0.4, -0.2) is 38.3 Å². The summed E-state index contributed by atoms with van der Waals surface area (Å²) < 4.78 is 11.0. The van der Waals surface area contributed by atoms with Crippen molar-refractivity contribution in [3.05, 3.63) is 24.2 Å². The highest BCUT2D eigenvalue weighted by atomic mass is 127. The predicted octanol–water partition coefficient (Wildman–Crippen LogP) is 2.81. The van der Waals surface area contributed by atoms with Crippen molar-refractivity contribution in [1.29, 1.82) is 0 Å². The van der Waals surface area contributed by atoms with E-state index in [4.69, 9.17) is 9.15 Å². The molecule has 1 aliphatic rings. The van der Waals surface area contributed by atoms with Crippen LogP contribution in [0.3, 0.4) is 0 Å². The normalized spacial score (nSPS) is 18.3. The van der Waals surface area contributed by atoms with Gasteiger partial charge in [-0.15, -0.1) is 24.0 Å². The molecule has 0 aromatic carbocycles. The molecule has 0 spiro atoms. The number of hydrogen-bond acceptors (Lipinski definition) is 3. The van der Waals surface area contributed by atoms with Crippen LogP contribution in [0.5, 0.6) is 0 Å². The summed E-state index contributed by atoms with van der Waals surface area (Å²) in [6.07, 6.45) is 5.18. The van der Waals surface area contributed by atoms with Gasteiger partial charge in [-0.2, -0.15) is 0 Å². The maximum Gasteiger partial charge on any atom is 0.191 e. The van der Waals surface area contributed by atoms with Crippen molar-refractivity contribution < 1.29 is 9.15 Å². The first-order valence-electron chi connectivity index (χ1n) is 7.90. The summed E-state index contributed by atoms with van der Waals surface area (Å²) in [4.78, 5) is 4.61. The number of nitrogens with one attached hydrogen (secondary N) is 2. The van der Waals surface area contributed by atoms with Gasteiger partial charge in [0.25, 0.3) is 0 Å². The van der Waals surface area contributed by atoms with Crippen molar-refractivity contribution in [3.8, 4) is 0 Å². The van der Waals surface area contributed by atoms with E-state index in [1.54, 1.807) is 6.26 Å². The van der Waals surface area contributed by atoms with Crippen LogP contribution in [0.2, 0.25) is 0 Å². The molecule has 0 aliphatic carbocycles. The fourth-order valence-electron chi connectivity index (χ4n) is 2.22. The summed E-state index contributed by atoms with van der Waals surface area (Å²) in [6.45, 7) is 7.68. The van der Waals surface area contributed by atoms with Crippen LogP contribution in [0.4, 0.5) is 0 Å². The van der Waals surface area contributed by atoms with Gasteiger partial charge in [0.1, 0.15) is 5.76 Å². The number of guanidine groups is 1. The molecular formula is C16H28IN3O2. The van der Waals surface area contributed by atoms with E-state index in [2.05, 4.69) is 29.5 Å². The van der Waals surface area contributed by atoms with E-state index < -0.39 is 0 Å². The van der Waals surface area contributed by atoms with Crippen LogP contribution in [0.25, 0.3) is 0 Å². The first-order chi connectivity index (χ1) is 10.2. The van der Waals surface area contributed by atoms with Gasteiger partial charge >= 0.3 is 0 Å². The van der Waals surface area contributed by atoms with Crippen LogP contribution >= 0.6 is 24.0 Å². The number of ether oxygens (including phenoxy) is 1. The molecule has 126 valence electrons. The van der Waals surface area contributed by atoms with E-state index in [0.717, 1.165) is 57.2 Å². The molecule has 1 saturated heterocycles. The van der Waals surface area contributed by atoms with Crippen molar-refractivity contribution in [2.75, 3.05) is 26.2 Å². The van der Waals surface area contributed by atoms with E-state index in [9.17, 15) is 0 Å². The van der Waals surface area contributed by atoms with Gasteiger partial charge in [-0.05, 0) is 30.9 Å². The topological polar surface area (TPSA) is 58.8 Å². The average molecular weight is 421 g/mol. The summed E-state index contributed by atoms with van der Waals surface area (Å²) in [6, 6.07) is 3.91. The summed E-state index contributed by atoms with van der Waals surface area (Å²) in [7, 11) is 0. The Morgan fingerprint density at radius 2 is 2.27 bits per heavy atom. The highest BCUT2D eigenvalue weighted by Crippen LogP contribution is 2.10. The van der Waals surface area contributed by atoms with Gasteiger partial charge in [0.15, 0.2) is 5.96 Å². The Morgan fingerprint density at radius 3 is 2.91 bits per heavy atom. The Labute approximate surface area is 150 Å². The first-order valence-corrected chi connectivity index (χ1v) is 7.90. The molecule has 1 atom stereocenters. The molecule has 1 aliphatic heterocycles. The molecule has 2 heterocycles. The Bertz CT molecular complexity index is 415. The summed E-state index contributed by atoms with van der Waals surface area (Å²) in [5, 5.41) is 6.74. The van der Waals surface area contributed by atoms with Crippen molar-refractivity contribution in [3.63, 3.8) is 0 Å². The van der Waals surface area contributed by atoms with Gasteiger partial charge in [0, 0.05) is 32.7 Å². The number of halogens is 1. The van der Waals surface area contributed by atoms with E-state index in [1.165, 1.54) is 0 Å². The fraction of sp³-hybridized carbons (Fsp3) is 0.688. The van der Waals surface area contributed by atoms with Gasteiger partial charge in [-0.25, -0.2) is 0 Å². The number of rotatable bonds is 7. The highest BCUT2D eigenvalue weighted by Gasteiger charge is 2.15. The van der Waals surface area contributed by atoms with E-state index in [-0.39, 0.29) is 24.0 Å². The Balaban J connectivity index is 0.00000242. The lowest BCUT2D eigenvalue weighted by Gasteiger charge is -2.15. The Kier molecular flexibility index (Phi) is 9.54. The van der Waals surface area contributed by atoms with Gasteiger partial charge in [-0.3, -0.25) is 4.99 Å². The van der Waals surface area contributed by atoms with E-state index >= 15 is 0 Å². The minimum absolute atomic E-state index is 0. The van der Waals surface area contributed by atoms with Crippen LogP contribution < -0.4 is 10.6 Å². The van der Waals surface area contributed by atoms with Crippen LogP contribution in [-0.2, 0) is 11.2 Å². The van der Waals surface area contributed by atoms with Crippen molar-refractivity contribution in [2.24, 2.45) is 10.9 Å². The standard InChI is InChI=1S/C16H27N3O2.HI/c1-13(2)11-18-16(19-12-15-6-4-10-21-15)17-8-7-14-5-3-9-20-14;/h3,5,9,13,15H,4,6-8,10-12H2,1-2H3,(H2,17,18,19);1H. The molecule has 22 heavy (non-hydrogen) atoms. The third kappa shape index (κ3) is 7.49. The molecule has 0 bridgehead atoms. The highest BCUT2D eigenvalue weighted by molar-refractivity contribution is 14.0. The summed E-state index contributed by atoms with van der Waals surface area (Å²) >= 11 is 0. The molecule has 1 unspecified atom stereocenters. The SMILES string of the molecule is CC(C)CN=C(NCCc1ccco1)NCC1CCCO1.I. The molecule has 0 saturated carbocycles. The second-order valence-electron chi connectivity index (χ2n) is 5.86. The lowest BCUT2D eigenvalue weighted by Crippen LogP contribution is -2.42. The lowest BCUT2D eigenvalue weighted by molar-refractivity contribution is 0.114. The van der Waals surface area contributed by atoms with Crippen molar-refractivity contribution in [2.45, 2.75) is 39.2 Å². The smallest absolute Gasteiger partial charge is 0.191 e. The predicted molar refractivity (Wildman–Crippen MR) is 99.9 cm³/mol. The van der Waals surface area contributed by atoms with Crippen LogP contribution in [0, 0.1) is 5.92 Å². The lowest BCUT2D eigenvalue weighted by atomic mass is 10.2. The zero-order valence-electron chi connectivity index (χ0n) is 13.5. The second-order valence-corrected chi connectivity index (χ2v) is 5.86. The van der Waals surface area contributed by atoms with Crippen LogP contribution in [0.15, 0.2) is 27.8 Å². The zero-order valence-corrected chi connectivity index (χ0v) is 15.8. The number of furan rings is 1. The Morgan fingerprint density at radius 1 is 1.41 bits per heavy atom. The molecule has 0 amide bonds. The molecular weight excluding hydrogens is 393 g/mol. The first kappa shape index (κ1) is 19.3. The van der Waals surface area contributed by atoms with Gasteiger partial charge in [0.05, 0.1) is 12.4 Å². The van der Waals surface area contributed by atoms with Gasteiger partial charge in [0.2, 0.25) is 0 Å². The average Bonchev–Trinajstić information content (AvgIpc) is 3.14. The van der Waals surface area contributed by atoms with Crippen molar-refractivity contribution in [1.82, 2.24) is 10.6 Å². The fourth-order valence-corrected chi connectivity index (χ4v) is 2.22. The molecule has 1 fully saturated rings. The van der Waals surface area contributed by atoms with Crippen molar-refractivity contribution >= 4 is 29.9 Å². The van der Waals surface area contributed by atoms with Gasteiger partial charge in [-0.1, -0.05) is 13.8 Å². The molecule has 6 heteroatoms. The number of nitrogens with zero attached hydrogens (tertiary/aromatic N) is 1. The third-order valence-electron chi connectivity index (χ3n) is 3.38. The molecule has 2 rings (SSSR count). The third-order valence-corrected chi connectivity index (χ3v) is 3.38. The van der Waals surface area contributed by atoms with Crippen LogP contribution in [0.1, 0.15) is 32.4 Å². The summed E-state index contributed by atoms with van der Waals surface area (Å²) in [5.41, 5.74) is 0. The molecule has 1 aromatic rings. The summed E-state index contributed by atoms with van der Waals surface area (Å²) in [5.74, 6) is 2.41. The molecule has 5 nitrogen and oxygen atoms in total. The quantitative estimate of drug-likeness (QED) is 0.404. The molecule has 1 aromatic heterocycles. The maximum absolute atomic E-state index is 5.63. The minimum Gasteiger partial charge on any atom is -0.469 e. The number of aliphatic imine (C=N–C) groups is 1. The second kappa shape index (κ2) is 10.9. The minimum atomic E-state index is 0. The zero-order chi connectivity index (χ0) is 14.9.